The normalized spacial score (nSPS) is 18.5. The van der Waals surface area contributed by atoms with Gasteiger partial charge in [0.25, 0.3) is 0 Å². The van der Waals surface area contributed by atoms with E-state index in [9.17, 15) is 0 Å². The second-order valence-corrected chi connectivity index (χ2v) is 6.79. The molecule has 2 aromatic heterocycles. The van der Waals surface area contributed by atoms with Crippen LogP contribution in [0.3, 0.4) is 0 Å². The molecule has 3 rings (SSSR count). The minimum absolute atomic E-state index is 0.504. The van der Waals surface area contributed by atoms with Gasteiger partial charge in [0.2, 0.25) is 0 Å². The Balaban J connectivity index is 1.61. The Hall–Kier alpha value is -0.710. The van der Waals surface area contributed by atoms with Crippen molar-refractivity contribution >= 4 is 23.1 Å². The van der Waals surface area contributed by atoms with Gasteiger partial charge in [-0.3, -0.25) is 0 Å². The summed E-state index contributed by atoms with van der Waals surface area (Å²) in [6, 6.07) is 6.96. The van der Waals surface area contributed by atoms with Gasteiger partial charge in [-0.15, -0.1) is 11.3 Å². The fraction of sp³-hybridized carbons (Fsp3) is 0.467. The van der Waals surface area contributed by atoms with Crippen LogP contribution in [0.4, 0.5) is 0 Å². The van der Waals surface area contributed by atoms with Gasteiger partial charge in [0.05, 0.1) is 12.3 Å². The molecule has 0 saturated carbocycles. The van der Waals surface area contributed by atoms with Crippen LogP contribution in [0.25, 0.3) is 0 Å². The molecule has 1 N–H and O–H groups in total. The van der Waals surface area contributed by atoms with Crippen LogP contribution in [0.15, 0.2) is 28.0 Å². The zero-order valence-electron chi connectivity index (χ0n) is 11.1. The number of thiophene rings is 1. The summed E-state index contributed by atoms with van der Waals surface area (Å²) in [5, 5.41) is 5.86. The smallest absolute Gasteiger partial charge is 0.118 e. The fourth-order valence-electron chi connectivity index (χ4n) is 2.66. The third-order valence-corrected chi connectivity index (χ3v) is 5.15. The van der Waals surface area contributed by atoms with Crippen molar-refractivity contribution in [3.63, 3.8) is 0 Å². The first kappa shape index (κ1) is 13.3. The minimum atomic E-state index is 0.504. The molecule has 2 aromatic rings. The summed E-state index contributed by atoms with van der Waals surface area (Å²) in [4.78, 5) is 1.56. The molecular weight excluding hydrogens is 274 g/mol. The zero-order valence-corrected chi connectivity index (χ0v) is 12.8. The van der Waals surface area contributed by atoms with E-state index in [0.29, 0.717) is 6.04 Å². The number of fused-ring (bicyclic) bond motifs is 1. The van der Waals surface area contributed by atoms with Crippen molar-refractivity contribution in [1.82, 2.24) is 5.32 Å². The molecule has 1 aliphatic carbocycles. The number of furan rings is 1. The maximum absolute atomic E-state index is 5.80. The van der Waals surface area contributed by atoms with E-state index in [4.69, 9.17) is 4.42 Å². The molecule has 0 saturated heterocycles. The number of hydrogen-bond acceptors (Lipinski definition) is 4. The molecule has 1 aliphatic rings. The molecule has 2 heterocycles. The van der Waals surface area contributed by atoms with Crippen LogP contribution in [0.2, 0.25) is 0 Å². The van der Waals surface area contributed by atoms with Crippen molar-refractivity contribution in [1.29, 1.82) is 0 Å². The van der Waals surface area contributed by atoms with Crippen molar-refractivity contribution in [2.24, 2.45) is 0 Å². The Morgan fingerprint density at radius 1 is 1.37 bits per heavy atom. The van der Waals surface area contributed by atoms with E-state index in [1.165, 1.54) is 24.8 Å². The minimum Gasteiger partial charge on any atom is -0.464 e. The molecule has 0 bridgehead atoms. The molecule has 1 atom stereocenters. The quantitative estimate of drug-likeness (QED) is 0.886. The zero-order chi connectivity index (χ0) is 13.1. The predicted molar refractivity (Wildman–Crippen MR) is 82.8 cm³/mol. The fourth-order valence-corrected chi connectivity index (χ4v) is 4.09. The Bertz CT molecular complexity index is 532. The highest BCUT2D eigenvalue weighted by molar-refractivity contribution is 7.97. The van der Waals surface area contributed by atoms with Crippen LogP contribution >= 0.6 is 23.1 Å². The molecule has 1 unspecified atom stereocenters. The molecular formula is C15H19NOS2. The van der Waals surface area contributed by atoms with Crippen molar-refractivity contribution in [3.8, 4) is 0 Å². The summed E-state index contributed by atoms with van der Waals surface area (Å²) in [6.07, 6.45) is 5.88. The van der Waals surface area contributed by atoms with E-state index in [-0.39, 0.29) is 0 Å². The predicted octanol–water partition coefficient (Wildman–Crippen LogP) is 4.37. The lowest BCUT2D eigenvalue weighted by Crippen LogP contribution is -2.23. The molecule has 19 heavy (non-hydrogen) atoms. The van der Waals surface area contributed by atoms with Crippen LogP contribution in [-0.4, -0.2) is 6.26 Å². The molecule has 0 fully saturated rings. The average Bonchev–Trinajstić information content (AvgIpc) is 3.05. The molecule has 4 heteroatoms. The topological polar surface area (TPSA) is 25.2 Å². The monoisotopic (exact) mass is 293 g/mol. The second-order valence-electron chi connectivity index (χ2n) is 4.93. The van der Waals surface area contributed by atoms with Gasteiger partial charge >= 0.3 is 0 Å². The van der Waals surface area contributed by atoms with E-state index in [1.807, 2.05) is 11.3 Å². The van der Waals surface area contributed by atoms with Gasteiger partial charge in [-0.05, 0) is 54.7 Å². The van der Waals surface area contributed by atoms with Gasteiger partial charge in [-0.1, -0.05) is 0 Å². The molecule has 0 radical (unpaired) electrons. The summed E-state index contributed by atoms with van der Waals surface area (Å²) in [6.45, 7) is 0.828. The first-order chi connectivity index (χ1) is 9.36. The Morgan fingerprint density at radius 2 is 2.26 bits per heavy atom. The molecule has 0 amide bonds. The van der Waals surface area contributed by atoms with Crippen molar-refractivity contribution < 1.29 is 4.42 Å². The maximum Gasteiger partial charge on any atom is 0.118 e. The van der Waals surface area contributed by atoms with Crippen LogP contribution < -0.4 is 5.32 Å². The van der Waals surface area contributed by atoms with Gasteiger partial charge < -0.3 is 9.73 Å². The largest absolute Gasteiger partial charge is 0.464 e. The highest BCUT2D eigenvalue weighted by atomic mass is 32.2. The van der Waals surface area contributed by atoms with Crippen LogP contribution in [0.5, 0.6) is 0 Å². The number of aryl methyl sites for hydroxylation is 1. The van der Waals surface area contributed by atoms with Gasteiger partial charge in [0, 0.05) is 10.9 Å². The van der Waals surface area contributed by atoms with Crippen molar-refractivity contribution in [3.05, 3.63) is 45.5 Å². The lowest BCUT2D eigenvalue weighted by atomic mass is 9.94. The Morgan fingerprint density at radius 3 is 3.16 bits per heavy atom. The third kappa shape index (κ3) is 3.07. The van der Waals surface area contributed by atoms with E-state index in [0.717, 1.165) is 23.8 Å². The number of thioether (sulfide) groups is 1. The molecule has 0 aromatic carbocycles. The molecule has 102 valence electrons. The highest BCUT2D eigenvalue weighted by Crippen LogP contribution is 2.33. The summed E-state index contributed by atoms with van der Waals surface area (Å²) in [5.41, 5.74) is 1.51. The second kappa shape index (κ2) is 6.16. The van der Waals surface area contributed by atoms with Crippen LogP contribution in [0.1, 0.15) is 40.8 Å². The lowest BCUT2D eigenvalue weighted by molar-refractivity contribution is 0.410. The molecule has 2 nitrogen and oxygen atoms in total. The Labute approximate surface area is 122 Å². The van der Waals surface area contributed by atoms with Gasteiger partial charge in [0.15, 0.2) is 0 Å². The Kier molecular flexibility index (Phi) is 4.31. The van der Waals surface area contributed by atoms with E-state index >= 15 is 0 Å². The maximum atomic E-state index is 5.80. The number of nitrogens with one attached hydrogen (secondary N) is 1. The van der Waals surface area contributed by atoms with Crippen LogP contribution in [0, 0.1) is 0 Å². The molecule has 0 aliphatic heterocycles. The van der Waals surface area contributed by atoms with Crippen molar-refractivity contribution in [2.75, 3.05) is 6.26 Å². The summed E-state index contributed by atoms with van der Waals surface area (Å²) in [5.74, 6) is 3.08. The summed E-state index contributed by atoms with van der Waals surface area (Å²) >= 11 is 3.69. The summed E-state index contributed by atoms with van der Waals surface area (Å²) < 4.78 is 5.80. The van der Waals surface area contributed by atoms with Gasteiger partial charge in [-0.2, -0.15) is 11.8 Å². The van der Waals surface area contributed by atoms with Crippen molar-refractivity contribution in [2.45, 2.75) is 37.6 Å². The van der Waals surface area contributed by atoms with E-state index < -0.39 is 0 Å². The first-order valence-electron chi connectivity index (χ1n) is 6.73. The average molecular weight is 293 g/mol. The third-order valence-electron chi connectivity index (χ3n) is 3.58. The number of hydrogen-bond donors (Lipinski definition) is 1. The standard InChI is InChI=1S/C15H19NOS2/c1-18-10-12-6-5-11(17-12)9-16-14-3-2-4-15-13(14)7-8-19-15/h5-8,14,16H,2-4,9-10H2,1H3. The lowest BCUT2D eigenvalue weighted by Gasteiger charge is -2.23. The first-order valence-corrected chi connectivity index (χ1v) is 9.00. The molecule has 0 spiro atoms. The summed E-state index contributed by atoms with van der Waals surface area (Å²) in [7, 11) is 0. The highest BCUT2D eigenvalue weighted by Gasteiger charge is 2.20. The van der Waals surface area contributed by atoms with E-state index in [1.54, 1.807) is 16.6 Å². The SMILES string of the molecule is CSCc1ccc(CNC2CCCc3sccc32)o1. The van der Waals surface area contributed by atoms with E-state index in [2.05, 4.69) is 35.2 Å². The van der Waals surface area contributed by atoms with Gasteiger partial charge in [0.1, 0.15) is 11.5 Å². The van der Waals surface area contributed by atoms with Gasteiger partial charge in [-0.25, -0.2) is 0 Å². The number of rotatable bonds is 5. The van der Waals surface area contributed by atoms with Crippen LogP contribution in [-0.2, 0) is 18.7 Å².